The summed E-state index contributed by atoms with van der Waals surface area (Å²) in [5.41, 5.74) is 0. The monoisotopic (exact) mass is 1080 g/mol. The molecule has 2 fully saturated rings. The molecule has 0 amide bonds. The summed E-state index contributed by atoms with van der Waals surface area (Å²) in [4.78, 5) is 13.1. The highest BCUT2D eigenvalue weighted by Gasteiger charge is 2.47. The number of rotatable bonds is 49. The predicted octanol–water partition coefficient (Wildman–Crippen LogP) is 11.2. The Labute approximate surface area is 460 Å². The van der Waals surface area contributed by atoms with E-state index in [-0.39, 0.29) is 25.6 Å². The zero-order valence-electron chi connectivity index (χ0n) is 47.5. The standard InChI is InChI=1S/C62H110O14/c1-3-5-7-9-11-13-15-17-19-21-23-24-25-26-27-29-31-33-35-37-39-41-43-45-54(64)74-51(48-71-46-44-42-40-38-36-34-32-30-28-22-20-18-16-14-12-10-8-6-4-2)49-72-61-60(70)58(68)56(66)53(76-61)50-73-62-59(69)57(67)55(65)52(47-63)75-62/h14-17,20-23,25-26,51-53,55-63,65-70H,3-13,18-19,24,27-50H2,1-2H3/b16-14-,17-15-,22-20-,23-21-,26-25-. The van der Waals surface area contributed by atoms with Gasteiger partial charge in [-0.2, -0.15) is 0 Å². The number of allylic oxidation sites excluding steroid dienone is 10. The van der Waals surface area contributed by atoms with Crippen LogP contribution in [0.3, 0.4) is 0 Å². The van der Waals surface area contributed by atoms with E-state index in [0.717, 1.165) is 70.6 Å². The van der Waals surface area contributed by atoms with Crippen LogP contribution in [0, 0.1) is 0 Å². The molecular weight excluding hydrogens is 969 g/mol. The number of hydrogen-bond acceptors (Lipinski definition) is 14. The highest BCUT2D eigenvalue weighted by Crippen LogP contribution is 2.27. The molecule has 0 aliphatic carbocycles. The van der Waals surface area contributed by atoms with Gasteiger partial charge in [-0.1, -0.05) is 197 Å². The molecule has 0 aromatic carbocycles. The fraction of sp³-hybridized carbons (Fsp3) is 0.823. The average molecular weight is 1080 g/mol. The van der Waals surface area contributed by atoms with E-state index in [1.165, 1.54) is 128 Å². The van der Waals surface area contributed by atoms with E-state index in [1.807, 2.05) is 0 Å². The largest absolute Gasteiger partial charge is 0.457 e. The quantitative estimate of drug-likeness (QED) is 0.0172. The van der Waals surface area contributed by atoms with Gasteiger partial charge in [0.15, 0.2) is 12.6 Å². The summed E-state index contributed by atoms with van der Waals surface area (Å²) in [6.45, 7) is 3.66. The van der Waals surface area contributed by atoms with Crippen LogP contribution < -0.4 is 0 Å². The second-order valence-corrected chi connectivity index (χ2v) is 21.2. The lowest BCUT2D eigenvalue weighted by Crippen LogP contribution is -2.61. The third-order valence-corrected chi connectivity index (χ3v) is 14.2. The molecule has 76 heavy (non-hydrogen) atoms. The molecule has 0 spiro atoms. The number of ether oxygens (including phenoxy) is 6. The highest BCUT2D eigenvalue weighted by atomic mass is 16.7. The summed E-state index contributed by atoms with van der Waals surface area (Å²) >= 11 is 0. The van der Waals surface area contributed by atoms with Crippen molar-refractivity contribution in [2.45, 2.75) is 293 Å². The van der Waals surface area contributed by atoms with E-state index in [4.69, 9.17) is 28.4 Å². The molecule has 14 heteroatoms. The van der Waals surface area contributed by atoms with E-state index in [9.17, 15) is 40.5 Å². The minimum atomic E-state index is -1.71. The number of hydrogen-bond donors (Lipinski definition) is 7. The van der Waals surface area contributed by atoms with Crippen LogP contribution in [0.2, 0.25) is 0 Å². The number of carbonyl (C=O) groups is 1. The summed E-state index contributed by atoms with van der Waals surface area (Å²) in [5.74, 6) is -0.385. The summed E-state index contributed by atoms with van der Waals surface area (Å²) in [7, 11) is 0. The van der Waals surface area contributed by atoms with Gasteiger partial charge in [-0.05, 0) is 83.5 Å². The third-order valence-electron chi connectivity index (χ3n) is 14.2. The second-order valence-electron chi connectivity index (χ2n) is 21.2. The molecule has 11 unspecified atom stereocenters. The summed E-state index contributed by atoms with van der Waals surface area (Å²) in [6, 6.07) is 0. The third kappa shape index (κ3) is 34.6. The Hall–Kier alpha value is -2.31. The topological polar surface area (TPSA) is 214 Å². The average Bonchev–Trinajstić information content (AvgIpc) is 3.42. The first-order valence-electron chi connectivity index (χ1n) is 30.4. The summed E-state index contributed by atoms with van der Waals surface area (Å²) in [6.07, 6.45) is 44.1. The molecule has 7 N–H and O–H groups in total. The molecule has 0 bridgehead atoms. The van der Waals surface area contributed by atoms with E-state index >= 15 is 0 Å². The number of esters is 1. The predicted molar refractivity (Wildman–Crippen MR) is 302 cm³/mol. The minimum absolute atomic E-state index is 0.0528. The Kier molecular flexibility index (Phi) is 44.6. The number of aliphatic hydroxyl groups excluding tert-OH is 7. The maximum Gasteiger partial charge on any atom is 0.306 e. The Morgan fingerprint density at radius 3 is 1.29 bits per heavy atom. The van der Waals surface area contributed by atoms with Gasteiger partial charge in [-0.25, -0.2) is 0 Å². The van der Waals surface area contributed by atoms with Crippen LogP contribution in [0.4, 0.5) is 0 Å². The van der Waals surface area contributed by atoms with Crippen molar-refractivity contribution in [1.29, 1.82) is 0 Å². The van der Waals surface area contributed by atoms with Crippen LogP contribution in [0.15, 0.2) is 60.8 Å². The van der Waals surface area contributed by atoms with Crippen molar-refractivity contribution < 1.29 is 69.0 Å². The number of carbonyl (C=O) groups excluding carboxylic acids is 1. The first-order chi connectivity index (χ1) is 37.1. The molecule has 2 aliphatic rings. The van der Waals surface area contributed by atoms with Crippen LogP contribution in [-0.4, -0.2) is 142 Å². The second kappa shape index (κ2) is 48.6. The Morgan fingerprint density at radius 1 is 0.434 bits per heavy atom. The van der Waals surface area contributed by atoms with E-state index in [1.54, 1.807) is 0 Å². The molecule has 2 rings (SSSR count). The maximum atomic E-state index is 13.1. The molecule has 14 nitrogen and oxygen atoms in total. The van der Waals surface area contributed by atoms with Gasteiger partial charge in [0, 0.05) is 13.0 Å². The lowest BCUT2D eigenvalue weighted by atomic mass is 9.98. The summed E-state index contributed by atoms with van der Waals surface area (Å²) in [5, 5.41) is 72.4. The zero-order chi connectivity index (χ0) is 55.1. The Balaban J connectivity index is 1.71. The molecule has 0 saturated carbocycles. The van der Waals surface area contributed by atoms with Crippen molar-refractivity contribution >= 4 is 5.97 Å². The SMILES string of the molecule is CCCCCC/C=C\C/C=C\CCCCCCCCCCOCC(COC1OC(COC2OC(CO)C(O)C(O)C2O)C(O)C(O)C1O)OC(=O)CCCCCCCCCC/C=C\C/C=C\C/C=C\CCCCCCC. The molecular formula is C62H110O14. The van der Waals surface area contributed by atoms with Gasteiger partial charge in [0.1, 0.15) is 54.9 Å². The van der Waals surface area contributed by atoms with Gasteiger partial charge in [0.25, 0.3) is 0 Å². The minimum Gasteiger partial charge on any atom is -0.457 e. The lowest BCUT2D eigenvalue weighted by Gasteiger charge is -2.42. The molecule has 2 aliphatic heterocycles. The van der Waals surface area contributed by atoms with Crippen LogP contribution in [0.5, 0.6) is 0 Å². The van der Waals surface area contributed by atoms with Crippen molar-refractivity contribution in [1.82, 2.24) is 0 Å². The molecule has 0 radical (unpaired) electrons. The Bertz CT molecular complexity index is 1490. The van der Waals surface area contributed by atoms with Crippen LogP contribution >= 0.6 is 0 Å². The van der Waals surface area contributed by atoms with Crippen molar-refractivity contribution in [3.8, 4) is 0 Å². The molecule has 11 atom stereocenters. The number of unbranched alkanes of at least 4 members (excludes halogenated alkanes) is 25. The van der Waals surface area contributed by atoms with E-state index in [0.29, 0.717) is 13.0 Å². The lowest BCUT2D eigenvalue weighted by molar-refractivity contribution is -0.332. The van der Waals surface area contributed by atoms with Gasteiger partial charge in [0.2, 0.25) is 0 Å². The first kappa shape index (κ1) is 69.8. The van der Waals surface area contributed by atoms with Crippen LogP contribution in [-0.2, 0) is 33.2 Å². The van der Waals surface area contributed by atoms with Gasteiger partial charge < -0.3 is 64.2 Å². The fourth-order valence-corrected chi connectivity index (χ4v) is 9.32. The molecule has 2 heterocycles. The number of aliphatic hydroxyl groups is 7. The van der Waals surface area contributed by atoms with E-state index < -0.39 is 80.7 Å². The van der Waals surface area contributed by atoms with Gasteiger partial charge >= 0.3 is 5.97 Å². The van der Waals surface area contributed by atoms with Crippen molar-refractivity contribution in [2.24, 2.45) is 0 Å². The molecule has 2 saturated heterocycles. The van der Waals surface area contributed by atoms with Gasteiger partial charge in [-0.3, -0.25) is 4.79 Å². The fourth-order valence-electron chi connectivity index (χ4n) is 9.32. The van der Waals surface area contributed by atoms with Gasteiger partial charge in [-0.15, -0.1) is 0 Å². The van der Waals surface area contributed by atoms with Crippen LogP contribution in [0.25, 0.3) is 0 Å². The molecule has 0 aromatic heterocycles. The normalized spacial score (nSPS) is 24.9. The summed E-state index contributed by atoms with van der Waals surface area (Å²) < 4.78 is 34.4. The molecule has 0 aromatic rings. The highest BCUT2D eigenvalue weighted by molar-refractivity contribution is 5.69. The Morgan fingerprint density at radius 2 is 0.816 bits per heavy atom. The van der Waals surface area contributed by atoms with Crippen molar-refractivity contribution in [3.05, 3.63) is 60.8 Å². The van der Waals surface area contributed by atoms with Crippen molar-refractivity contribution in [3.63, 3.8) is 0 Å². The first-order valence-corrected chi connectivity index (χ1v) is 30.4. The van der Waals surface area contributed by atoms with Crippen molar-refractivity contribution in [2.75, 3.05) is 33.0 Å². The molecule has 442 valence electrons. The van der Waals surface area contributed by atoms with Crippen LogP contribution in [0.1, 0.15) is 226 Å². The van der Waals surface area contributed by atoms with Gasteiger partial charge in [0.05, 0.1) is 26.4 Å². The maximum absolute atomic E-state index is 13.1. The smallest absolute Gasteiger partial charge is 0.306 e. The van der Waals surface area contributed by atoms with E-state index in [2.05, 4.69) is 74.6 Å². The zero-order valence-corrected chi connectivity index (χ0v) is 47.5.